The molecule has 0 fully saturated rings. The fourth-order valence-corrected chi connectivity index (χ4v) is 5.25. The van der Waals surface area contributed by atoms with E-state index in [4.69, 9.17) is 0 Å². The Morgan fingerprint density at radius 3 is 2.19 bits per heavy atom. The van der Waals surface area contributed by atoms with Crippen molar-refractivity contribution in [3.63, 3.8) is 0 Å². The van der Waals surface area contributed by atoms with E-state index in [1.54, 1.807) is 13.0 Å². The molecule has 37 heavy (non-hydrogen) atoms. The van der Waals surface area contributed by atoms with Gasteiger partial charge in [0.2, 0.25) is 21.8 Å². The number of likely N-dealkylation sites (N-methyl/N-ethyl adjacent to an activating group) is 1. The van der Waals surface area contributed by atoms with Crippen LogP contribution >= 0.6 is 15.9 Å². The van der Waals surface area contributed by atoms with Gasteiger partial charge in [0.1, 0.15) is 12.6 Å². The molecule has 0 unspecified atom stereocenters. The number of hydrogen-bond acceptors (Lipinski definition) is 4. The quantitative estimate of drug-likeness (QED) is 0.386. The number of anilines is 1. The number of amides is 2. The fraction of sp³-hybridized carbons (Fsp3) is 0.286. The van der Waals surface area contributed by atoms with Gasteiger partial charge < -0.3 is 10.2 Å². The highest BCUT2D eigenvalue weighted by Crippen LogP contribution is 2.25. The maximum Gasteiger partial charge on any atom is 0.244 e. The topological polar surface area (TPSA) is 86.8 Å². The molecule has 3 rings (SSSR count). The number of sulfonamides is 1. The Hall–Kier alpha value is -3.17. The van der Waals surface area contributed by atoms with Crippen LogP contribution in [0.5, 0.6) is 0 Å². The van der Waals surface area contributed by atoms with E-state index in [1.807, 2.05) is 73.7 Å². The molecule has 0 spiro atoms. The predicted octanol–water partition coefficient (Wildman–Crippen LogP) is 4.22. The van der Waals surface area contributed by atoms with Crippen molar-refractivity contribution in [2.75, 3.05) is 24.2 Å². The van der Waals surface area contributed by atoms with Gasteiger partial charge in [0.25, 0.3) is 0 Å². The van der Waals surface area contributed by atoms with Crippen LogP contribution < -0.4 is 9.62 Å². The van der Waals surface area contributed by atoms with Crippen LogP contribution in [0, 0.1) is 13.8 Å². The monoisotopic (exact) mass is 585 g/mol. The van der Waals surface area contributed by atoms with Gasteiger partial charge >= 0.3 is 0 Å². The summed E-state index contributed by atoms with van der Waals surface area (Å²) in [5.74, 6) is -0.800. The highest BCUT2D eigenvalue weighted by atomic mass is 79.9. The minimum atomic E-state index is -3.80. The van der Waals surface area contributed by atoms with Gasteiger partial charge in [0.05, 0.1) is 11.9 Å². The molecule has 7 nitrogen and oxygen atoms in total. The second kappa shape index (κ2) is 12.4. The first-order chi connectivity index (χ1) is 17.5. The molecule has 0 bridgehead atoms. The van der Waals surface area contributed by atoms with Gasteiger partial charge in [-0.3, -0.25) is 13.9 Å². The molecule has 196 valence electrons. The van der Waals surface area contributed by atoms with Crippen LogP contribution in [0.15, 0.2) is 77.3 Å². The number of rotatable bonds is 10. The number of hydrogen-bond donors (Lipinski definition) is 1. The summed E-state index contributed by atoms with van der Waals surface area (Å²) in [5.41, 5.74) is 3.76. The molecular weight excluding hydrogens is 554 g/mol. The van der Waals surface area contributed by atoms with Gasteiger partial charge in [-0.15, -0.1) is 0 Å². The number of carbonyl (C=O) groups excluding carboxylic acids is 2. The van der Waals surface area contributed by atoms with Gasteiger partial charge in [0, 0.05) is 24.5 Å². The maximum absolute atomic E-state index is 13.9. The molecule has 3 aromatic carbocycles. The highest BCUT2D eigenvalue weighted by molar-refractivity contribution is 9.10. The maximum atomic E-state index is 13.9. The van der Waals surface area contributed by atoms with Crippen molar-refractivity contribution >= 4 is 43.5 Å². The molecule has 0 aromatic heterocycles. The van der Waals surface area contributed by atoms with Crippen molar-refractivity contribution < 1.29 is 18.0 Å². The zero-order chi connectivity index (χ0) is 27.2. The number of nitrogens with zero attached hydrogens (tertiary/aromatic N) is 2. The summed E-state index contributed by atoms with van der Waals surface area (Å²) in [5, 5.41) is 2.68. The number of aryl methyl sites for hydroxylation is 2. The lowest BCUT2D eigenvalue weighted by molar-refractivity contribution is -0.139. The van der Waals surface area contributed by atoms with E-state index in [1.165, 1.54) is 11.9 Å². The predicted molar refractivity (Wildman–Crippen MR) is 151 cm³/mol. The summed E-state index contributed by atoms with van der Waals surface area (Å²) in [6.07, 6.45) is 1.37. The summed E-state index contributed by atoms with van der Waals surface area (Å²) in [7, 11) is -2.27. The number of benzene rings is 3. The lowest BCUT2D eigenvalue weighted by Crippen LogP contribution is -2.53. The van der Waals surface area contributed by atoms with E-state index in [0.29, 0.717) is 5.69 Å². The first kappa shape index (κ1) is 28.4. The van der Waals surface area contributed by atoms with Crippen molar-refractivity contribution in [3.8, 4) is 0 Å². The SMILES string of the molecule is CNC(=O)[C@@H](Cc1ccccc1)N(Cc1ccc(Br)cc1)C(=O)CN(c1cc(C)ccc1C)S(C)(=O)=O. The van der Waals surface area contributed by atoms with E-state index in [0.717, 1.165) is 37.3 Å². The van der Waals surface area contributed by atoms with Gasteiger partial charge in [-0.2, -0.15) is 0 Å². The van der Waals surface area contributed by atoms with Crippen LogP contribution in [-0.4, -0.2) is 51.0 Å². The Kier molecular flexibility index (Phi) is 9.50. The molecule has 0 saturated heterocycles. The normalized spacial score (nSPS) is 12.0. The molecule has 1 atom stereocenters. The van der Waals surface area contributed by atoms with E-state index in [-0.39, 0.29) is 18.9 Å². The average Bonchev–Trinajstić information content (AvgIpc) is 2.86. The molecule has 1 N–H and O–H groups in total. The Balaban J connectivity index is 2.04. The summed E-state index contributed by atoms with van der Waals surface area (Å²) >= 11 is 3.42. The standard InChI is InChI=1S/C28H32BrN3O4S/c1-20-10-11-21(2)25(16-20)32(37(4,35)36)19-27(33)31(18-23-12-14-24(29)15-13-23)26(28(34)30-3)17-22-8-6-5-7-9-22/h5-16,26H,17-19H2,1-4H3,(H,30,34)/t26-/m1/s1. The average molecular weight is 587 g/mol. The zero-order valence-corrected chi connectivity index (χ0v) is 23.8. The lowest BCUT2D eigenvalue weighted by atomic mass is 10.0. The molecule has 0 aliphatic heterocycles. The zero-order valence-electron chi connectivity index (χ0n) is 21.4. The lowest BCUT2D eigenvalue weighted by Gasteiger charge is -2.33. The molecule has 3 aromatic rings. The summed E-state index contributed by atoms with van der Waals surface area (Å²) in [6, 6.07) is 21.5. The third-order valence-electron chi connectivity index (χ3n) is 6.10. The second-order valence-electron chi connectivity index (χ2n) is 9.03. The third-order valence-corrected chi connectivity index (χ3v) is 7.75. The van der Waals surface area contributed by atoms with Crippen LogP contribution in [0.1, 0.15) is 22.3 Å². The summed E-state index contributed by atoms with van der Waals surface area (Å²) in [6.45, 7) is 3.38. The Labute approximate surface area is 227 Å². The van der Waals surface area contributed by atoms with E-state index in [9.17, 15) is 18.0 Å². The van der Waals surface area contributed by atoms with Crippen LogP contribution in [0.3, 0.4) is 0 Å². The van der Waals surface area contributed by atoms with Crippen molar-refractivity contribution in [1.29, 1.82) is 0 Å². The molecular formula is C28H32BrN3O4S. The fourth-order valence-electron chi connectivity index (χ4n) is 4.09. The van der Waals surface area contributed by atoms with E-state index in [2.05, 4.69) is 21.2 Å². The smallest absolute Gasteiger partial charge is 0.244 e. The molecule has 9 heteroatoms. The van der Waals surface area contributed by atoms with Gasteiger partial charge in [-0.1, -0.05) is 70.5 Å². The third kappa shape index (κ3) is 7.66. The first-order valence-corrected chi connectivity index (χ1v) is 14.5. The van der Waals surface area contributed by atoms with Crippen LogP contribution in [0.4, 0.5) is 5.69 Å². The number of carbonyl (C=O) groups is 2. The molecule has 2 amide bonds. The van der Waals surface area contributed by atoms with E-state index >= 15 is 0 Å². The molecule has 0 radical (unpaired) electrons. The Morgan fingerprint density at radius 1 is 0.946 bits per heavy atom. The van der Waals surface area contributed by atoms with Crippen LogP contribution in [0.2, 0.25) is 0 Å². The van der Waals surface area contributed by atoms with Crippen molar-refractivity contribution in [3.05, 3.63) is 99.5 Å². The van der Waals surface area contributed by atoms with Gasteiger partial charge in [0.15, 0.2) is 0 Å². The minimum absolute atomic E-state index is 0.140. The minimum Gasteiger partial charge on any atom is -0.357 e. The van der Waals surface area contributed by atoms with E-state index < -0.39 is 28.5 Å². The van der Waals surface area contributed by atoms with Crippen molar-refractivity contribution in [1.82, 2.24) is 10.2 Å². The number of halogens is 1. The molecule has 0 saturated carbocycles. The summed E-state index contributed by atoms with van der Waals surface area (Å²) < 4.78 is 27.8. The molecule has 0 aliphatic rings. The molecule has 0 heterocycles. The van der Waals surface area contributed by atoms with Crippen LogP contribution in [-0.2, 0) is 32.6 Å². The van der Waals surface area contributed by atoms with Crippen molar-refractivity contribution in [2.24, 2.45) is 0 Å². The Morgan fingerprint density at radius 2 is 1.59 bits per heavy atom. The first-order valence-electron chi connectivity index (χ1n) is 11.8. The van der Waals surface area contributed by atoms with Gasteiger partial charge in [-0.25, -0.2) is 8.42 Å². The van der Waals surface area contributed by atoms with Crippen molar-refractivity contribution in [2.45, 2.75) is 32.9 Å². The van der Waals surface area contributed by atoms with Gasteiger partial charge in [-0.05, 0) is 54.3 Å². The largest absolute Gasteiger partial charge is 0.357 e. The summed E-state index contributed by atoms with van der Waals surface area (Å²) in [4.78, 5) is 28.5. The Bertz CT molecular complexity index is 1350. The molecule has 0 aliphatic carbocycles. The highest BCUT2D eigenvalue weighted by Gasteiger charge is 2.33. The number of nitrogens with one attached hydrogen (secondary N) is 1. The van der Waals surface area contributed by atoms with Crippen LogP contribution in [0.25, 0.3) is 0 Å². The second-order valence-corrected chi connectivity index (χ2v) is 11.8.